The number of aliphatic hydroxyl groups excluding tert-OH is 1. The summed E-state index contributed by atoms with van der Waals surface area (Å²) in [4.78, 5) is 11.6. The maximum absolute atomic E-state index is 11.6. The van der Waals surface area contributed by atoms with Gasteiger partial charge in [-0.1, -0.05) is 12.5 Å². The number of hydrogen-bond donors (Lipinski definition) is 2. The van der Waals surface area contributed by atoms with Crippen molar-refractivity contribution in [3.63, 3.8) is 0 Å². The molecule has 0 heterocycles. The molecular weight excluding hydrogens is 282 g/mol. The van der Waals surface area contributed by atoms with Crippen molar-refractivity contribution in [3.8, 4) is 12.3 Å². The summed E-state index contributed by atoms with van der Waals surface area (Å²) in [6.45, 7) is 9.95. The third-order valence-corrected chi connectivity index (χ3v) is 3.16. The number of rotatable bonds is 7. The maximum Gasteiger partial charge on any atom is 0.407 e. The number of amides is 1. The van der Waals surface area contributed by atoms with Crippen molar-refractivity contribution < 1.29 is 19.4 Å². The average Bonchev–Trinajstić information content (AvgIpc) is 3.17. The van der Waals surface area contributed by atoms with Gasteiger partial charge in [0.1, 0.15) is 18.0 Å². The topological polar surface area (TPSA) is 67.8 Å². The quantitative estimate of drug-likeness (QED) is 0.430. The van der Waals surface area contributed by atoms with Gasteiger partial charge in [0.2, 0.25) is 0 Å². The molecule has 0 aromatic carbocycles. The average molecular weight is 307 g/mol. The lowest BCUT2D eigenvalue weighted by Gasteiger charge is -2.19. The molecule has 0 radical (unpaired) electrons. The van der Waals surface area contributed by atoms with Gasteiger partial charge in [-0.3, -0.25) is 0 Å². The molecule has 5 heteroatoms. The molecule has 1 saturated carbocycles. The number of hydrogen-bond acceptors (Lipinski definition) is 4. The molecule has 1 fully saturated rings. The van der Waals surface area contributed by atoms with E-state index in [1.54, 1.807) is 6.08 Å². The van der Waals surface area contributed by atoms with Gasteiger partial charge in [0.25, 0.3) is 0 Å². The summed E-state index contributed by atoms with van der Waals surface area (Å²) < 4.78 is 10.5. The van der Waals surface area contributed by atoms with Gasteiger partial charge in [0.05, 0.1) is 6.61 Å². The van der Waals surface area contributed by atoms with Crippen LogP contribution in [0.3, 0.4) is 0 Å². The Hall–Kier alpha value is -1.93. The molecular formula is C17H25NO4. The van der Waals surface area contributed by atoms with Gasteiger partial charge >= 0.3 is 6.09 Å². The predicted octanol–water partition coefficient (Wildman–Crippen LogP) is 2.23. The van der Waals surface area contributed by atoms with Crippen LogP contribution >= 0.6 is 0 Å². The van der Waals surface area contributed by atoms with Crippen LogP contribution in [0.4, 0.5) is 4.79 Å². The number of aliphatic hydroxyl groups is 1. The van der Waals surface area contributed by atoms with E-state index < -0.39 is 11.7 Å². The number of nitrogens with one attached hydrogen (secondary N) is 1. The van der Waals surface area contributed by atoms with Gasteiger partial charge in [-0.25, -0.2) is 4.79 Å². The first-order valence-corrected chi connectivity index (χ1v) is 7.34. The molecule has 0 saturated heterocycles. The zero-order valence-electron chi connectivity index (χ0n) is 13.5. The Kier molecular flexibility index (Phi) is 6.51. The van der Waals surface area contributed by atoms with Crippen LogP contribution in [0.1, 0.15) is 27.2 Å². The molecule has 0 spiro atoms. The molecule has 0 unspecified atom stereocenters. The third kappa shape index (κ3) is 6.23. The van der Waals surface area contributed by atoms with Gasteiger partial charge in [-0.15, -0.1) is 6.42 Å². The summed E-state index contributed by atoms with van der Waals surface area (Å²) >= 11 is 0. The lowest BCUT2D eigenvalue weighted by molar-refractivity contribution is 0.0524. The molecule has 1 amide bonds. The molecule has 0 aromatic rings. The molecule has 2 atom stereocenters. The summed E-state index contributed by atoms with van der Waals surface area (Å²) in [5.41, 5.74) is 0.348. The van der Waals surface area contributed by atoms with E-state index in [0.717, 1.165) is 12.0 Å². The van der Waals surface area contributed by atoms with E-state index in [1.807, 2.05) is 20.8 Å². The molecule has 2 N–H and O–H groups in total. The van der Waals surface area contributed by atoms with E-state index in [1.165, 1.54) is 0 Å². The van der Waals surface area contributed by atoms with Gasteiger partial charge < -0.3 is 19.9 Å². The largest absolute Gasteiger partial charge is 0.492 e. The van der Waals surface area contributed by atoms with Gasteiger partial charge in [-0.2, -0.15) is 0 Å². The zero-order valence-corrected chi connectivity index (χ0v) is 13.5. The van der Waals surface area contributed by atoms with Gasteiger partial charge in [0.15, 0.2) is 0 Å². The number of allylic oxidation sites excluding steroid dienone is 2. The van der Waals surface area contributed by atoms with Crippen molar-refractivity contribution in [2.24, 2.45) is 11.8 Å². The van der Waals surface area contributed by atoms with E-state index in [0.29, 0.717) is 18.2 Å². The Labute approximate surface area is 132 Å². The first-order valence-electron chi connectivity index (χ1n) is 7.34. The molecule has 122 valence electrons. The number of terminal acetylenes is 1. The Morgan fingerprint density at radius 3 is 2.77 bits per heavy atom. The predicted molar refractivity (Wildman–Crippen MR) is 84.9 cm³/mol. The number of carbonyl (C=O) groups excluding carboxylic acids is 1. The number of ether oxygens (including phenoxy) is 2. The van der Waals surface area contributed by atoms with Crippen LogP contribution in [0.2, 0.25) is 0 Å². The molecule has 1 aliphatic rings. The van der Waals surface area contributed by atoms with Crippen LogP contribution in [0, 0.1) is 24.2 Å². The van der Waals surface area contributed by atoms with E-state index >= 15 is 0 Å². The van der Waals surface area contributed by atoms with Crippen LogP contribution in [-0.4, -0.2) is 36.6 Å². The lowest BCUT2D eigenvalue weighted by atomic mass is 10.1. The fourth-order valence-electron chi connectivity index (χ4n) is 2.12. The van der Waals surface area contributed by atoms with Crippen molar-refractivity contribution in [1.82, 2.24) is 5.32 Å². The minimum Gasteiger partial charge on any atom is -0.492 e. The molecule has 1 rings (SSSR count). The summed E-state index contributed by atoms with van der Waals surface area (Å²) in [5.74, 6) is 3.48. The summed E-state index contributed by atoms with van der Waals surface area (Å²) in [5, 5.41) is 11.5. The molecule has 0 aliphatic heterocycles. The second kappa shape index (κ2) is 7.90. The monoisotopic (exact) mass is 307 g/mol. The second-order valence-electron chi connectivity index (χ2n) is 6.25. The standard InChI is InChI=1S/C17H25NO4/c1-6-7-14(12(2)21-9-8-19)15-10-13(15)11-18-16(20)22-17(3,4)5/h1,7,13,15,19H,2,8-11H2,3-5H3,(H,18,20)/b14-7+/t13-,15+/m1/s1. The van der Waals surface area contributed by atoms with Gasteiger partial charge in [0, 0.05) is 12.1 Å². The first kappa shape index (κ1) is 18.1. The van der Waals surface area contributed by atoms with Crippen molar-refractivity contribution in [2.45, 2.75) is 32.8 Å². The molecule has 0 aromatic heterocycles. The lowest BCUT2D eigenvalue weighted by Crippen LogP contribution is -2.33. The Morgan fingerprint density at radius 1 is 1.55 bits per heavy atom. The highest BCUT2D eigenvalue weighted by Crippen LogP contribution is 2.46. The maximum atomic E-state index is 11.6. The van der Waals surface area contributed by atoms with E-state index in [9.17, 15) is 4.79 Å². The Balaban J connectivity index is 2.45. The van der Waals surface area contributed by atoms with E-state index in [-0.39, 0.29) is 19.1 Å². The SMILES string of the molecule is C#C/C=C(\C(=C)OCCO)[C@H]1C[C@@H]1CNC(=O)OC(C)(C)C. The normalized spacial score (nSPS) is 20.8. The van der Waals surface area contributed by atoms with Crippen molar-refractivity contribution in [2.75, 3.05) is 19.8 Å². The first-order chi connectivity index (χ1) is 10.3. The third-order valence-electron chi connectivity index (χ3n) is 3.16. The smallest absolute Gasteiger partial charge is 0.407 e. The van der Waals surface area contributed by atoms with Crippen LogP contribution in [0.5, 0.6) is 0 Å². The molecule has 5 nitrogen and oxygen atoms in total. The van der Waals surface area contributed by atoms with Crippen molar-refractivity contribution >= 4 is 6.09 Å². The van der Waals surface area contributed by atoms with E-state index in [2.05, 4.69) is 17.8 Å². The van der Waals surface area contributed by atoms with Crippen molar-refractivity contribution in [3.05, 3.63) is 24.0 Å². The second-order valence-corrected chi connectivity index (χ2v) is 6.25. The number of carbonyl (C=O) groups is 1. The summed E-state index contributed by atoms with van der Waals surface area (Å²) in [7, 11) is 0. The summed E-state index contributed by atoms with van der Waals surface area (Å²) in [6.07, 6.45) is 7.46. The highest BCUT2D eigenvalue weighted by molar-refractivity contribution is 5.67. The zero-order chi connectivity index (χ0) is 16.8. The fourth-order valence-corrected chi connectivity index (χ4v) is 2.12. The Bertz CT molecular complexity index is 482. The van der Waals surface area contributed by atoms with Crippen LogP contribution in [0.15, 0.2) is 24.0 Å². The molecule has 0 bridgehead atoms. The fraction of sp³-hybridized carbons (Fsp3) is 0.588. The van der Waals surface area contributed by atoms with E-state index in [4.69, 9.17) is 21.0 Å². The molecule has 1 aliphatic carbocycles. The molecule has 22 heavy (non-hydrogen) atoms. The van der Waals surface area contributed by atoms with Crippen LogP contribution < -0.4 is 5.32 Å². The van der Waals surface area contributed by atoms with Crippen molar-refractivity contribution in [1.29, 1.82) is 0 Å². The minimum atomic E-state index is -0.506. The highest BCUT2D eigenvalue weighted by atomic mass is 16.6. The number of alkyl carbamates (subject to hydrolysis) is 1. The summed E-state index contributed by atoms with van der Waals surface area (Å²) in [6, 6.07) is 0. The van der Waals surface area contributed by atoms with Crippen LogP contribution in [0.25, 0.3) is 0 Å². The minimum absolute atomic E-state index is 0.0728. The van der Waals surface area contributed by atoms with Crippen LogP contribution in [-0.2, 0) is 9.47 Å². The van der Waals surface area contributed by atoms with Gasteiger partial charge in [-0.05, 0) is 45.1 Å². The highest BCUT2D eigenvalue weighted by Gasteiger charge is 2.41. The Morgan fingerprint density at radius 2 is 2.23 bits per heavy atom.